The minimum atomic E-state index is 0.923. The summed E-state index contributed by atoms with van der Waals surface area (Å²) >= 11 is 0. The van der Waals surface area contributed by atoms with E-state index in [0.717, 1.165) is 88.4 Å². The fourth-order valence-electron chi connectivity index (χ4n) is 7.20. The van der Waals surface area contributed by atoms with Crippen LogP contribution < -0.4 is 0 Å². The SMILES string of the molecule is c1ccc2c(-c3ccc4cc(-c5ccc6nc(-c7ccc(-c8ccnc9c8ccc8cccnc89)cc7)ccc6c5)ccc4n3)cccc2c1. The molecule has 6 aromatic carbocycles. The summed E-state index contributed by atoms with van der Waals surface area (Å²) in [5.74, 6) is 0. The molecule has 0 spiro atoms. The monoisotopic (exact) mass is 636 g/mol. The smallest absolute Gasteiger partial charge is 0.0970 e. The van der Waals surface area contributed by atoms with Crippen molar-refractivity contribution in [3.05, 3.63) is 170 Å². The lowest BCUT2D eigenvalue weighted by atomic mass is 9.98. The summed E-state index contributed by atoms with van der Waals surface area (Å²) in [4.78, 5) is 19.4. The fraction of sp³-hybridized carbons (Fsp3) is 0. The Balaban J connectivity index is 0.936. The molecule has 50 heavy (non-hydrogen) atoms. The molecule has 232 valence electrons. The van der Waals surface area contributed by atoms with Gasteiger partial charge in [0.25, 0.3) is 0 Å². The standard InChI is InChI=1S/C46H28N4/c1-2-8-37-29(5-1)6-3-9-39(37)44-23-18-36-28-34(16-21-43(36)50-44)33-15-20-42-35(27-33)17-22-41(49-42)31-12-10-30(11-13-31)38-24-26-48-46-40(38)19-14-32-7-4-25-47-45(32)46/h1-28H. The van der Waals surface area contributed by atoms with Crippen molar-refractivity contribution in [1.82, 2.24) is 19.9 Å². The normalized spacial score (nSPS) is 11.6. The lowest BCUT2D eigenvalue weighted by Gasteiger charge is -2.10. The van der Waals surface area contributed by atoms with Crippen LogP contribution in [-0.2, 0) is 0 Å². The molecule has 0 radical (unpaired) electrons. The Hall–Kier alpha value is -6.78. The average molecular weight is 637 g/mol. The predicted octanol–water partition coefficient (Wildman–Crippen LogP) is 11.7. The minimum absolute atomic E-state index is 0.923. The molecule has 0 amide bonds. The predicted molar refractivity (Wildman–Crippen MR) is 207 cm³/mol. The van der Waals surface area contributed by atoms with Crippen LogP contribution in [0, 0.1) is 0 Å². The van der Waals surface area contributed by atoms with Crippen molar-refractivity contribution in [3.8, 4) is 44.8 Å². The summed E-state index contributed by atoms with van der Waals surface area (Å²) in [6, 6.07) is 55.5. The Morgan fingerprint density at radius 1 is 0.320 bits per heavy atom. The van der Waals surface area contributed by atoms with Crippen molar-refractivity contribution in [1.29, 1.82) is 0 Å². The van der Waals surface area contributed by atoms with E-state index in [4.69, 9.17) is 9.97 Å². The Kier molecular flexibility index (Phi) is 6.46. The van der Waals surface area contributed by atoms with E-state index in [1.807, 2.05) is 18.5 Å². The third-order valence-electron chi connectivity index (χ3n) is 9.75. The Morgan fingerprint density at radius 2 is 0.960 bits per heavy atom. The van der Waals surface area contributed by atoms with E-state index in [1.54, 1.807) is 0 Å². The number of benzene rings is 6. The molecule has 0 fully saturated rings. The number of hydrogen-bond acceptors (Lipinski definition) is 4. The largest absolute Gasteiger partial charge is 0.254 e. The first-order valence-electron chi connectivity index (χ1n) is 16.8. The molecule has 0 saturated carbocycles. The van der Waals surface area contributed by atoms with E-state index in [-0.39, 0.29) is 0 Å². The molecule has 4 heteroatoms. The van der Waals surface area contributed by atoms with Crippen LogP contribution in [0.3, 0.4) is 0 Å². The van der Waals surface area contributed by atoms with Gasteiger partial charge in [0.2, 0.25) is 0 Å². The summed E-state index contributed by atoms with van der Waals surface area (Å²) in [5.41, 5.74) is 12.6. The topological polar surface area (TPSA) is 51.6 Å². The van der Waals surface area contributed by atoms with Gasteiger partial charge in [-0.25, -0.2) is 9.97 Å². The zero-order valence-electron chi connectivity index (χ0n) is 27.0. The van der Waals surface area contributed by atoms with Gasteiger partial charge in [0.15, 0.2) is 0 Å². The highest BCUT2D eigenvalue weighted by atomic mass is 14.7. The van der Waals surface area contributed by atoms with Gasteiger partial charge in [0.1, 0.15) is 0 Å². The third kappa shape index (κ3) is 4.77. The highest BCUT2D eigenvalue weighted by molar-refractivity contribution is 6.08. The van der Waals surface area contributed by atoms with Crippen molar-refractivity contribution in [2.24, 2.45) is 0 Å². The van der Waals surface area contributed by atoms with Crippen molar-refractivity contribution in [2.45, 2.75) is 0 Å². The molecule has 0 bridgehead atoms. The molecular formula is C46H28N4. The fourth-order valence-corrected chi connectivity index (χ4v) is 7.20. The molecular weight excluding hydrogens is 609 g/mol. The second-order valence-electron chi connectivity index (χ2n) is 12.7. The van der Waals surface area contributed by atoms with Gasteiger partial charge >= 0.3 is 0 Å². The zero-order chi connectivity index (χ0) is 33.0. The van der Waals surface area contributed by atoms with E-state index in [1.165, 1.54) is 10.8 Å². The van der Waals surface area contributed by atoms with Crippen LogP contribution in [0.4, 0.5) is 0 Å². The number of rotatable bonds is 4. The summed E-state index contributed by atoms with van der Waals surface area (Å²) < 4.78 is 0. The molecule has 10 aromatic rings. The molecule has 4 aromatic heterocycles. The maximum Gasteiger partial charge on any atom is 0.0970 e. The van der Waals surface area contributed by atoms with Crippen molar-refractivity contribution in [3.63, 3.8) is 0 Å². The van der Waals surface area contributed by atoms with E-state index in [9.17, 15) is 0 Å². The summed E-state index contributed by atoms with van der Waals surface area (Å²) in [5, 5.41) is 6.86. The van der Waals surface area contributed by atoms with Gasteiger partial charge in [-0.2, -0.15) is 0 Å². The quantitative estimate of drug-likeness (QED) is 0.180. The molecule has 0 aliphatic rings. The lowest BCUT2D eigenvalue weighted by Crippen LogP contribution is -1.89. The van der Waals surface area contributed by atoms with Crippen LogP contribution in [0.5, 0.6) is 0 Å². The van der Waals surface area contributed by atoms with Crippen molar-refractivity contribution in [2.75, 3.05) is 0 Å². The molecule has 0 aliphatic heterocycles. The summed E-state index contributed by atoms with van der Waals surface area (Å²) in [6.45, 7) is 0. The maximum absolute atomic E-state index is 5.05. The molecule has 4 heterocycles. The van der Waals surface area contributed by atoms with E-state index in [2.05, 4.69) is 162 Å². The Labute approximate surface area is 288 Å². The van der Waals surface area contributed by atoms with Crippen molar-refractivity contribution >= 4 is 54.4 Å². The molecule has 0 N–H and O–H groups in total. The Bertz CT molecular complexity index is 2920. The van der Waals surface area contributed by atoms with Crippen LogP contribution >= 0.6 is 0 Å². The minimum Gasteiger partial charge on any atom is -0.254 e. The highest BCUT2D eigenvalue weighted by Gasteiger charge is 2.11. The maximum atomic E-state index is 5.05. The summed E-state index contributed by atoms with van der Waals surface area (Å²) in [6.07, 6.45) is 3.70. The van der Waals surface area contributed by atoms with E-state index >= 15 is 0 Å². The molecule has 0 atom stereocenters. The number of nitrogens with zero attached hydrogens (tertiary/aromatic N) is 4. The van der Waals surface area contributed by atoms with Gasteiger partial charge in [-0.05, 0) is 81.6 Å². The second kappa shape index (κ2) is 11.4. The molecule has 0 saturated heterocycles. The first-order valence-corrected chi connectivity index (χ1v) is 16.8. The van der Waals surface area contributed by atoms with E-state index < -0.39 is 0 Å². The van der Waals surface area contributed by atoms with Gasteiger partial charge in [-0.3, -0.25) is 9.97 Å². The van der Waals surface area contributed by atoms with Crippen LogP contribution in [0.15, 0.2) is 170 Å². The zero-order valence-corrected chi connectivity index (χ0v) is 27.0. The van der Waals surface area contributed by atoms with Crippen LogP contribution in [0.1, 0.15) is 0 Å². The highest BCUT2D eigenvalue weighted by Crippen LogP contribution is 2.34. The van der Waals surface area contributed by atoms with Gasteiger partial charge < -0.3 is 0 Å². The lowest BCUT2D eigenvalue weighted by molar-refractivity contribution is 1.37. The second-order valence-corrected chi connectivity index (χ2v) is 12.7. The van der Waals surface area contributed by atoms with Crippen LogP contribution in [0.25, 0.3) is 99.2 Å². The number of fused-ring (bicyclic) bond motifs is 6. The van der Waals surface area contributed by atoms with Crippen molar-refractivity contribution < 1.29 is 0 Å². The Morgan fingerprint density at radius 3 is 1.78 bits per heavy atom. The van der Waals surface area contributed by atoms with Gasteiger partial charge in [-0.15, -0.1) is 0 Å². The van der Waals surface area contributed by atoms with E-state index in [0.29, 0.717) is 0 Å². The first-order chi connectivity index (χ1) is 24.7. The third-order valence-corrected chi connectivity index (χ3v) is 9.75. The summed E-state index contributed by atoms with van der Waals surface area (Å²) in [7, 11) is 0. The molecule has 0 unspecified atom stereocenters. The van der Waals surface area contributed by atoms with Gasteiger partial charge in [0.05, 0.1) is 33.5 Å². The molecule has 0 aliphatic carbocycles. The number of aromatic nitrogens is 4. The first kappa shape index (κ1) is 28.3. The van der Waals surface area contributed by atoms with Crippen LogP contribution in [0.2, 0.25) is 0 Å². The number of hydrogen-bond donors (Lipinski definition) is 0. The molecule has 10 rings (SSSR count). The average Bonchev–Trinajstić information content (AvgIpc) is 3.19. The number of pyridine rings is 4. The van der Waals surface area contributed by atoms with Crippen LogP contribution in [-0.4, -0.2) is 19.9 Å². The van der Waals surface area contributed by atoms with Gasteiger partial charge in [0, 0.05) is 45.1 Å². The van der Waals surface area contributed by atoms with Gasteiger partial charge in [-0.1, -0.05) is 109 Å². The molecule has 4 nitrogen and oxygen atoms in total.